The Hall–Kier alpha value is -2.39. The molecule has 5 nitrogen and oxygen atoms in total. The lowest BCUT2D eigenvalue weighted by molar-refractivity contribution is 0.252. The average Bonchev–Trinajstić information content (AvgIpc) is 2.58. The molecule has 0 radical (unpaired) electrons. The van der Waals surface area contributed by atoms with Crippen molar-refractivity contribution in [2.45, 2.75) is 10.7 Å². The summed E-state index contributed by atoms with van der Waals surface area (Å²) in [5.41, 5.74) is 3.70. The molecule has 0 aliphatic rings. The maximum absolute atomic E-state index is 12.3. The van der Waals surface area contributed by atoms with Crippen molar-refractivity contribution in [3.63, 3.8) is 0 Å². The molecular formula is C16H15F2N3O2S2. The van der Waals surface area contributed by atoms with Crippen LogP contribution in [0, 0.1) is 0 Å². The predicted octanol–water partition coefficient (Wildman–Crippen LogP) is 4.04. The van der Waals surface area contributed by atoms with Crippen LogP contribution in [0.5, 0.6) is 11.5 Å². The Balaban J connectivity index is 1.90. The second kappa shape index (κ2) is 9.19. The molecular weight excluding hydrogens is 368 g/mol. The first-order valence-corrected chi connectivity index (χ1v) is 8.29. The first kappa shape index (κ1) is 18.9. The van der Waals surface area contributed by atoms with E-state index in [0.29, 0.717) is 33.7 Å². The van der Waals surface area contributed by atoms with Crippen LogP contribution >= 0.6 is 24.0 Å². The van der Waals surface area contributed by atoms with Gasteiger partial charge in [-0.25, -0.2) is 0 Å². The van der Waals surface area contributed by atoms with Crippen molar-refractivity contribution in [3.05, 3.63) is 48.0 Å². The van der Waals surface area contributed by atoms with Gasteiger partial charge in [-0.2, -0.15) is 13.9 Å². The largest absolute Gasteiger partial charge is 0.504 e. The van der Waals surface area contributed by atoms with Gasteiger partial charge in [-0.1, -0.05) is 17.8 Å². The van der Waals surface area contributed by atoms with Gasteiger partial charge in [0.05, 0.1) is 13.3 Å². The lowest BCUT2D eigenvalue weighted by Crippen LogP contribution is -2.23. The summed E-state index contributed by atoms with van der Waals surface area (Å²) in [7, 11) is 1.46. The first-order chi connectivity index (χ1) is 12.0. The van der Waals surface area contributed by atoms with E-state index < -0.39 is 5.76 Å². The van der Waals surface area contributed by atoms with Gasteiger partial charge in [-0.3, -0.25) is 5.43 Å². The summed E-state index contributed by atoms with van der Waals surface area (Å²) in [5, 5.41) is 16.9. The van der Waals surface area contributed by atoms with Gasteiger partial charge in [0, 0.05) is 16.1 Å². The predicted molar refractivity (Wildman–Crippen MR) is 99.9 cm³/mol. The van der Waals surface area contributed by atoms with Gasteiger partial charge < -0.3 is 15.2 Å². The van der Waals surface area contributed by atoms with E-state index in [1.807, 2.05) is 0 Å². The van der Waals surface area contributed by atoms with E-state index in [9.17, 15) is 13.9 Å². The number of hydrogen-bond acceptors (Lipinski definition) is 5. The lowest BCUT2D eigenvalue weighted by atomic mass is 10.2. The zero-order valence-corrected chi connectivity index (χ0v) is 14.7. The number of alkyl halides is 2. The second-order valence-electron chi connectivity index (χ2n) is 4.63. The summed E-state index contributed by atoms with van der Waals surface area (Å²) >= 11 is 5.56. The third-order valence-electron chi connectivity index (χ3n) is 2.96. The van der Waals surface area contributed by atoms with Crippen LogP contribution in [0.4, 0.5) is 14.5 Å². The Morgan fingerprint density at radius 1 is 1.28 bits per heavy atom. The molecule has 25 heavy (non-hydrogen) atoms. The molecule has 0 spiro atoms. The summed E-state index contributed by atoms with van der Waals surface area (Å²) in [6.45, 7) is 0. The minimum atomic E-state index is -2.45. The number of anilines is 1. The number of thioether (sulfide) groups is 1. The van der Waals surface area contributed by atoms with Crippen molar-refractivity contribution in [3.8, 4) is 11.5 Å². The molecule has 0 aromatic heterocycles. The molecule has 0 amide bonds. The van der Waals surface area contributed by atoms with Gasteiger partial charge in [-0.05, 0) is 48.6 Å². The van der Waals surface area contributed by atoms with Crippen molar-refractivity contribution >= 4 is 41.0 Å². The van der Waals surface area contributed by atoms with Crippen LogP contribution in [-0.2, 0) is 0 Å². The third-order valence-corrected chi connectivity index (χ3v) is 3.87. The van der Waals surface area contributed by atoms with Gasteiger partial charge >= 0.3 is 0 Å². The van der Waals surface area contributed by atoms with E-state index in [1.165, 1.54) is 13.3 Å². The van der Waals surface area contributed by atoms with E-state index >= 15 is 0 Å². The minimum absolute atomic E-state index is 0.0263. The number of halogens is 2. The molecule has 0 aliphatic heterocycles. The number of methoxy groups -OCH3 is 1. The summed E-state index contributed by atoms with van der Waals surface area (Å²) in [4.78, 5) is 0.464. The Bertz CT molecular complexity index is 756. The van der Waals surface area contributed by atoms with Crippen molar-refractivity contribution in [2.24, 2.45) is 5.10 Å². The molecule has 0 fully saturated rings. The number of para-hydroxylation sites is 1. The highest BCUT2D eigenvalue weighted by molar-refractivity contribution is 7.99. The molecule has 0 saturated heterocycles. The van der Waals surface area contributed by atoms with Crippen LogP contribution in [0.2, 0.25) is 0 Å². The summed E-state index contributed by atoms with van der Waals surface area (Å²) in [6.07, 6.45) is 1.40. The van der Waals surface area contributed by atoms with Gasteiger partial charge in [0.2, 0.25) is 0 Å². The highest BCUT2D eigenvalue weighted by Crippen LogP contribution is 2.28. The number of nitrogens with one attached hydrogen (secondary N) is 2. The zero-order chi connectivity index (χ0) is 18.2. The Morgan fingerprint density at radius 3 is 2.64 bits per heavy atom. The van der Waals surface area contributed by atoms with Crippen LogP contribution in [0.1, 0.15) is 5.56 Å². The first-order valence-electron chi connectivity index (χ1n) is 7.00. The summed E-state index contributed by atoms with van der Waals surface area (Å²) in [6, 6.07) is 11.4. The number of ether oxygens (including phenoxy) is 1. The van der Waals surface area contributed by atoms with Gasteiger partial charge in [-0.15, -0.1) is 0 Å². The molecule has 0 saturated carbocycles. The van der Waals surface area contributed by atoms with Gasteiger partial charge in [0.1, 0.15) is 0 Å². The molecule has 0 atom stereocenters. The molecule has 2 aromatic rings. The summed E-state index contributed by atoms with van der Waals surface area (Å²) < 4.78 is 29.5. The number of aromatic hydroxyl groups is 1. The van der Waals surface area contributed by atoms with Crippen LogP contribution < -0.4 is 15.5 Å². The van der Waals surface area contributed by atoms with Crippen molar-refractivity contribution in [1.29, 1.82) is 0 Å². The molecule has 9 heteroatoms. The zero-order valence-electron chi connectivity index (χ0n) is 13.1. The quantitative estimate of drug-likeness (QED) is 0.303. The topological polar surface area (TPSA) is 65.9 Å². The number of phenols is 1. The third kappa shape index (κ3) is 5.87. The van der Waals surface area contributed by atoms with E-state index in [0.717, 1.165) is 0 Å². The molecule has 2 aromatic carbocycles. The average molecular weight is 383 g/mol. The number of phenolic OH excluding ortho intramolecular Hbond substituents is 1. The second-order valence-corrected chi connectivity index (χ2v) is 6.10. The number of hydrazone groups is 1. The number of nitrogens with zero attached hydrogens (tertiary/aromatic N) is 1. The Labute approximate surface area is 153 Å². The minimum Gasteiger partial charge on any atom is -0.504 e. The Kier molecular flexibility index (Phi) is 6.96. The van der Waals surface area contributed by atoms with Crippen LogP contribution in [0.15, 0.2) is 52.5 Å². The highest BCUT2D eigenvalue weighted by Gasteiger charge is 2.06. The fourth-order valence-electron chi connectivity index (χ4n) is 1.85. The van der Waals surface area contributed by atoms with Crippen LogP contribution in [0.3, 0.4) is 0 Å². The standard InChI is InChI=1S/C16H15F2N3O2S2/c1-23-13-4-2-3-10(14(13)22)9-19-21-16(24)20-11-5-7-12(8-6-11)25-15(17)18/h2-9,15,22H,1H3,(H2,20,21,24)/b19-9+. The van der Waals surface area contributed by atoms with Crippen molar-refractivity contribution < 1.29 is 18.6 Å². The fraction of sp³-hybridized carbons (Fsp3) is 0.125. The molecule has 0 unspecified atom stereocenters. The van der Waals surface area contributed by atoms with E-state index in [4.69, 9.17) is 17.0 Å². The SMILES string of the molecule is COc1cccc(/C=N/NC(=S)Nc2ccc(SC(F)F)cc2)c1O. The lowest BCUT2D eigenvalue weighted by Gasteiger charge is -2.08. The maximum Gasteiger partial charge on any atom is 0.288 e. The number of rotatable bonds is 6. The van der Waals surface area contributed by atoms with Crippen molar-refractivity contribution in [2.75, 3.05) is 12.4 Å². The normalized spacial score (nSPS) is 10.9. The molecule has 3 N–H and O–H groups in total. The summed E-state index contributed by atoms with van der Waals surface area (Å²) in [5.74, 6) is -2.14. The molecule has 2 rings (SSSR count). The number of hydrogen-bond donors (Lipinski definition) is 3. The molecule has 0 heterocycles. The Morgan fingerprint density at radius 2 is 2.00 bits per heavy atom. The smallest absolute Gasteiger partial charge is 0.288 e. The monoisotopic (exact) mass is 383 g/mol. The van der Waals surface area contributed by atoms with E-state index in [1.54, 1.807) is 42.5 Å². The molecule has 0 bridgehead atoms. The van der Waals surface area contributed by atoms with Gasteiger partial charge in [0.15, 0.2) is 16.6 Å². The van der Waals surface area contributed by atoms with E-state index in [2.05, 4.69) is 15.8 Å². The molecule has 132 valence electrons. The fourth-order valence-corrected chi connectivity index (χ4v) is 2.52. The van der Waals surface area contributed by atoms with E-state index in [-0.39, 0.29) is 10.9 Å². The van der Waals surface area contributed by atoms with Gasteiger partial charge in [0.25, 0.3) is 5.76 Å². The van der Waals surface area contributed by atoms with Crippen molar-refractivity contribution in [1.82, 2.24) is 5.43 Å². The van der Waals surface area contributed by atoms with Crippen LogP contribution in [-0.4, -0.2) is 29.3 Å². The van der Waals surface area contributed by atoms with Crippen LogP contribution in [0.25, 0.3) is 0 Å². The number of thiocarbonyl (C=S) groups is 1. The number of benzene rings is 2. The molecule has 0 aliphatic carbocycles. The maximum atomic E-state index is 12.3. The highest BCUT2D eigenvalue weighted by atomic mass is 32.2.